The molecule has 7 nitrogen and oxygen atoms in total. The van der Waals surface area contributed by atoms with Gasteiger partial charge in [0.1, 0.15) is 12.3 Å². The Labute approximate surface area is 210 Å². The first-order valence-corrected chi connectivity index (χ1v) is 12.8. The molecule has 4 aromatic carbocycles. The first-order valence-electron chi connectivity index (χ1n) is 11.4. The molecule has 4 rings (SSSR count). The number of nitrogens with zero attached hydrogens (tertiary/aromatic N) is 2. The maximum atomic E-state index is 13.6. The van der Waals surface area contributed by atoms with Crippen LogP contribution < -0.4 is 9.73 Å². The van der Waals surface area contributed by atoms with E-state index in [2.05, 4.69) is 10.5 Å². The van der Waals surface area contributed by atoms with Gasteiger partial charge in [-0.1, -0.05) is 54.1 Å². The number of sulfonamides is 1. The van der Waals surface area contributed by atoms with E-state index in [0.717, 1.165) is 31.8 Å². The number of fused-ring (bicyclic) bond motifs is 1. The summed E-state index contributed by atoms with van der Waals surface area (Å²) in [5, 5.41) is 16.0. The third-order valence-corrected chi connectivity index (χ3v) is 7.51. The lowest BCUT2D eigenvalue weighted by Gasteiger charge is -2.24. The van der Waals surface area contributed by atoms with Gasteiger partial charge in [-0.3, -0.25) is 9.10 Å². The molecule has 184 valence electrons. The van der Waals surface area contributed by atoms with Crippen molar-refractivity contribution in [1.29, 1.82) is 0 Å². The second-order valence-electron chi connectivity index (χ2n) is 8.68. The Kier molecular flexibility index (Phi) is 7.07. The van der Waals surface area contributed by atoms with Gasteiger partial charge in [0.25, 0.3) is 15.9 Å². The van der Waals surface area contributed by atoms with Gasteiger partial charge >= 0.3 is 0 Å². The topological polar surface area (TPSA) is 99.1 Å². The lowest BCUT2D eigenvalue weighted by atomic mass is 10.0. The maximum Gasteiger partial charge on any atom is 0.264 e. The van der Waals surface area contributed by atoms with Gasteiger partial charge in [0.05, 0.1) is 16.8 Å². The molecule has 8 heteroatoms. The highest BCUT2D eigenvalue weighted by atomic mass is 32.2. The highest BCUT2D eigenvalue weighted by Gasteiger charge is 2.27. The fourth-order valence-electron chi connectivity index (χ4n) is 4.00. The minimum atomic E-state index is -4.03. The maximum absolute atomic E-state index is 13.6. The molecule has 36 heavy (non-hydrogen) atoms. The van der Waals surface area contributed by atoms with Crippen LogP contribution in [0.25, 0.3) is 10.8 Å². The number of phenolic OH excluding ortho intramolecular Hbond substituents is 1. The van der Waals surface area contributed by atoms with Crippen molar-refractivity contribution in [2.24, 2.45) is 5.10 Å². The van der Waals surface area contributed by atoms with E-state index in [1.54, 1.807) is 36.4 Å². The van der Waals surface area contributed by atoms with Gasteiger partial charge in [0, 0.05) is 5.56 Å². The molecule has 0 heterocycles. The third kappa shape index (κ3) is 5.39. The summed E-state index contributed by atoms with van der Waals surface area (Å²) < 4.78 is 28.2. The molecule has 0 bridgehead atoms. The molecule has 0 aromatic heterocycles. The number of rotatable bonds is 7. The Balaban J connectivity index is 1.62. The van der Waals surface area contributed by atoms with Crippen LogP contribution in [0.3, 0.4) is 0 Å². The Morgan fingerprint density at radius 2 is 1.58 bits per heavy atom. The standard InChI is InChI=1S/C28H27N3O4S/c1-19-8-11-24(12-9-19)36(34,35)31(23-15-20(2)14-21(3)16-23)18-28(33)30-29-17-26-25-7-5-4-6-22(25)10-13-27(26)32/h4-17,32H,18H2,1-3H3,(H,30,33)/b29-17-. The summed E-state index contributed by atoms with van der Waals surface area (Å²) in [6.07, 6.45) is 1.35. The number of phenols is 1. The summed E-state index contributed by atoms with van der Waals surface area (Å²) in [4.78, 5) is 13.0. The summed E-state index contributed by atoms with van der Waals surface area (Å²) in [6.45, 7) is 5.14. The SMILES string of the molecule is Cc1ccc(S(=O)(=O)N(CC(=O)N/N=C\c2c(O)ccc3ccccc23)c2cc(C)cc(C)c2)cc1. The number of hydrogen-bond donors (Lipinski definition) is 2. The number of nitrogens with one attached hydrogen (secondary N) is 1. The number of amides is 1. The van der Waals surface area contributed by atoms with E-state index in [1.807, 2.05) is 51.1 Å². The van der Waals surface area contributed by atoms with Crippen molar-refractivity contribution in [3.05, 3.63) is 101 Å². The molecule has 4 aromatic rings. The minimum absolute atomic E-state index is 0.0190. The van der Waals surface area contributed by atoms with E-state index in [9.17, 15) is 18.3 Å². The lowest BCUT2D eigenvalue weighted by Crippen LogP contribution is -2.39. The van der Waals surface area contributed by atoms with Gasteiger partial charge in [-0.25, -0.2) is 13.8 Å². The van der Waals surface area contributed by atoms with Gasteiger partial charge in [-0.15, -0.1) is 0 Å². The molecule has 2 N–H and O–H groups in total. The Bertz CT molecular complexity index is 1540. The number of aromatic hydroxyl groups is 1. The van der Waals surface area contributed by atoms with E-state index < -0.39 is 22.5 Å². The molecule has 0 fully saturated rings. The van der Waals surface area contributed by atoms with Crippen LogP contribution in [-0.2, 0) is 14.8 Å². The molecule has 0 saturated carbocycles. The first-order chi connectivity index (χ1) is 17.1. The van der Waals surface area contributed by atoms with E-state index in [-0.39, 0.29) is 10.6 Å². The minimum Gasteiger partial charge on any atom is -0.507 e. The van der Waals surface area contributed by atoms with Gasteiger partial charge in [0.15, 0.2) is 0 Å². The molecule has 0 aliphatic heterocycles. The zero-order chi connectivity index (χ0) is 25.9. The van der Waals surface area contributed by atoms with E-state index in [4.69, 9.17) is 0 Å². The fraction of sp³-hybridized carbons (Fsp3) is 0.143. The Hall–Kier alpha value is -4.17. The summed E-state index contributed by atoms with van der Waals surface area (Å²) >= 11 is 0. The number of anilines is 1. The van der Waals surface area contributed by atoms with Crippen molar-refractivity contribution in [2.75, 3.05) is 10.8 Å². The third-order valence-electron chi connectivity index (χ3n) is 5.72. The lowest BCUT2D eigenvalue weighted by molar-refractivity contribution is -0.119. The second kappa shape index (κ2) is 10.2. The number of carbonyl (C=O) groups is 1. The van der Waals surface area contributed by atoms with E-state index in [0.29, 0.717) is 11.3 Å². The van der Waals surface area contributed by atoms with Crippen LogP contribution in [0.2, 0.25) is 0 Å². The molecule has 0 aliphatic carbocycles. The predicted octanol–water partition coefficient (Wildman–Crippen LogP) is 4.82. The van der Waals surface area contributed by atoms with Crippen LogP contribution in [0.1, 0.15) is 22.3 Å². The quantitative estimate of drug-likeness (QED) is 0.280. The Morgan fingerprint density at radius 3 is 2.28 bits per heavy atom. The summed E-state index contributed by atoms with van der Waals surface area (Å²) in [7, 11) is -4.03. The van der Waals surface area contributed by atoms with E-state index >= 15 is 0 Å². The molecule has 0 atom stereocenters. The molecule has 0 saturated heterocycles. The largest absolute Gasteiger partial charge is 0.507 e. The number of aryl methyl sites for hydroxylation is 3. The normalized spacial score (nSPS) is 11.6. The average molecular weight is 502 g/mol. The van der Waals surface area contributed by atoms with Gasteiger partial charge < -0.3 is 5.11 Å². The molecule has 1 amide bonds. The number of benzene rings is 4. The summed E-state index contributed by atoms with van der Waals surface area (Å²) in [6, 6.07) is 22.7. The van der Waals surface area contributed by atoms with Gasteiger partial charge in [-0.05, 0) is 73.0 Å². The van der Waals surface area contributed by atoms with Crippen LogP contribution in [0.4, 0.5) is 5.69 Å². The van der Waals surface area contributed by atoms with Crippen molar-refractivity contribution in [2.45, 2.75) is 25.7 Å². The Morgan fingerprint density at radius 1 is 0.917 bits per heavy atom. The summed E-state index contributed by atoms with van der Waals surface area (Å²) in [5.41, 5.74) is 5.91. The van der Waals surface area contributed by atoms with Gasteiger partial charge in [-0.2, -0.15) is 5.10 Å². The molecular weight excluding hydrogens is 474 g/mol. The highest BCUT2D eigenvalue weighted by Crippen LogP contribution is 2.27. The monoisotopic (exact) mass is 501 g/mol. The zero-order valence-corrected chi connectivity index (χ0v) is 21.1. The highest BCUT2D eigenvalue weighted by molar-refractivity contribution is 7.92. The van der Waals surface area contributed by atoms with Crippen molar-refractivity contribution in [1.82, 2.24) is 5.43 Å². The number of hydrogen-bond acceptors (Lipinski definition) is 5. The number of hydrazone groups is 1. The second-order valence-corrected chi connectivity index (χ2v) is 10.5. The summed E-state index contributed by atoms with van der Waals surface area (Å²) in [5.74, 6) is -0.605. The van der Waals surface area contributed by atoms with Crippen LogP contribution in [-0.4, -0.2) is 32.2 Å². The zero-order valence-electron chi connectivity index (χ0n) is 20.3. The van der Waals surface area contributed by atoms with Crippen LogP contribution in [0.5, 0.6) is 5.75 Å². The molecule has 0 radical (unpaired) electrons. The fourth-order valence-corrected chi connectivity index (χ4v) is 5.41. The van der Waals surface area contributed by atoms with Crippen LogP contribution in [0, 0.1) is 20.8 Å². The first kappa shape index (κ1) is 24.9. The predicted molar refractivity (Wildman–Crippen MR) is 143 cm³/mol. The smallest absolute Gasteiger partial charge is 0.264 e. The molecule has 0 unspecified atom stereocenters. The van der Waals surface area contributed by atoms with Crippen molar-refractivity contribution < 1.29 is 18.3 Å². The van der Waals surface area contributed by atoms with Crippen molar-refractivity contribution in [3.63, 3.8) is 0 Å². The van der Waals surface area contributed by atoms with Crippen molar-refractivity contribution >= 4 is 38.6 Å². The number of carbonyl (C=O) groups excluding carboxylic acids is 1. The van der Waals surface area contributed by atoms with Crippen LogP contribution in [0.15, 0.2) is 88.9 Å². The van der Waals surface area contributed by atoms with Crippen molar-refractivity contribution in [3.8, 4) is 5.75 Å². The van der Waals surface area contributed by atoms with Crippen LogP contribution >= 0.6 is 0 Å². The molecule has 0 spiro atoms. The van der Waals surface area contributed by atoms with Gasteiger partial charge in [0.2, 0.25) is 0 Å². The molecular formula is C28H27N3O4S. The van der Waals surface area contributed by atoms with E-state index in [1.165, 1.54) is 18.3 Å². The average Bonchev–Trinajstić information content (AvgIpc) is 2.83. The molecule has 0 aliphatic rings.